The summed E-state index contributed by atoms with van der Waals surface area (Å²) < 4.78 is 0. The molecule has 2 heteroatoms. The van der Waals surface area contributed by atoms with Crippen LogP contribution in [0.25, 0.3) is 32.7 Å². The molecule has 0 saturated heterocycles. The lowest BCUT2D eigenvalue weighted by molar-refractivity contribution is 0.0977. The summed E-state index contributed by atoms with van der Waals surface area (Å²) in [5, 5.41) is 15.3. The predicted molar refractivity (Wildman–Crippen MR) is 117 cm³/mol. The van der Waals surface area contributed by atoms with Gasteiger partial charge in [0.2, 0.25) is 0 Å². The molecule has 0 aliphatic rings. The second-order valence-corrected chi connectivity index (χ2v) is 7.28. The number of aromatic hydroxyl groups is 1. The van der Waals surface area contributed by atoms with Crippen LogP contribution in [0.15, 0.2) is 72.8 Å². The van der Waals surface area contributed by atoms with E-state index in [-0.39, 0.29) is 11.5 Å². The third kappa shape index (κ3) is 3.27. The van der Waals surface area contributed by atoms with Gasteiger partial charge in [0.25, 0.3) is 0 Å². The summed E-state index contributed by atoms with van der Waals surface area (Å²) in [6, 6.07) is 24.0. The topological polar surface area (TPSA) is 37.3 Å². The molecule has 2 nitrogen and oxygen atoms in total. The largest absolute Gasteiger partial charge is 0.507 e. The van der Waals surface area contributed by atoms with Crippen LogP contribution in [0.3, 0.4) is 0 Å². The van der Waals surface area contributed by atoms with Crippen molar-refractivity contribution < 1.29 is 9.90 Å². The molecular formula is C26H24O2. The smallest absolute Gasteiger partial charge is 0.166 e. The quantitative estimate of drug-likeness (QED) is 0.290. The Morgan fingerprint density at radius 1 is 0.821 bits per heavy atom. The Morgan fingerprint density at radius 2 is 1.50 bits per heavy atom. The standard InChI is InChI=1S/C26H24O2/c1-2-3-4-16-24(27)23-17-19-11-6-8-14-21(19)25(26(23)28)22-15-9-12-18-10-5-7-13-20(18)22/h5-15,17,28H,2-4,16H2,1H3. The van der Waals surface area contributed by atoms with Gasteiger partial charge in [0.15, 0.2) is 5.78 Å². The summed E-state index contributed by atoms with van der Waals surface area (Å²) >= 11 is 0. The van der Waals surface area contributed by atoms with Crippen molar-refractivity contribution in [2.45, 2.75) is 32.6 Å². The lowest BCUT2D eigenvalue weighted by atomic mass is 9.89. The molecular weight excluding hydrogens is 344 g/mol. The Balaban J connectivity index is 1.97. The number of benzene rings is 4. The minimum absolute atomic E-state index is 0.0122. The van der Waals surface area contributed by atoms with Gasteiger partial charge in [-0.2, -0.15) is 0 Å². The Kier molecular flexibility index (Phi) is 5.12. The van der Waals surface area contributed by atoms with Crippen molar-refractivity contribution in [2.75, 3.05) is 0 Å². The van der Waals surface area contributed by atoms with Gasteiger partial charge in [0, 0.05) is 12.0 Å². The average Bonchev–Trinajstić information content (AvgIpc) is 2.73. The molecule has 1 N–H and O–H groups in total. The summed E-state index contributed by atoms with van der Waals surface area (Å²) in [7, 11) is 0. The number of ketones is 1. The highest BCUT2D eigenvalue weighted by Gasteiger charge is 2.20. The van der Waals surface area contributed by atoms with Crippen LogP contribution in [-0.2, 0) is 0 Å². The zero-order chi connectivity index (χ0) is 19.5. The molecule has 4 rings (SSSR count). The first kappa shape index (κ1) is 18.2. The SMILES string of the molecule is CCCCCC(=O)c1cc2ccccc2c(-c2cccc3ccccc23)c1O. The fourth-order valence-corrected chi connectivity index (χ4v) is 3.94. The normalized spacial score (nSPS) is 11.2. The maximum atomic E-state index is 12.9. The predicted octanol–water partition coefficient (Wildman–Crippen LogP) is 7.13. The van der Waals surface area contributed by atoms with Gasteiger partial charge in [0.05, 0.1) is 5.56 Å². The first-order chi connectivity index (χ1) is 13.7. The number of unbranched alkanes of at least 4 members (excludes halogenated alkanes) is 2. The van der Waals surface area contributed by atoms with E-state index < -0.39 is 0 Å². The second kappa shape index (κ2) is 7.85. The molecule has 0 heterocycles. The first-order valence-electron chi connectivity index (χ1n) is 9.96. The summed E-state index contributed by atoms with van der Waals surface area (Å²) in [6.07, 6.45) is 3.41. The number of phenolic OH excluding ortho intramolecular Hbond substituents is 1. The van der Waals surface area contributed by atoms with E-state index in [4.69, 9.17) is 0 Å². The monoisotopic (exact) mass is 368 g/mol. The van der Waals surface area contributed by atoms with Crippen molar-refractivity contribution in [2.24, 2.45) is 0 Å². The van der Waals surface area contributed by atoms with Crippen LogP contribution in [0.2, 0.25) is 0 Å². The first-order valence-corrected chi connectivity index (χ1v) is 9.96. The van der Waals surface area contributed by atoms with Crippen molar-refractivity contribution in [1.82, 2.24) is 0 Å². The van der Waals surface area contributed by atoms with E-state index in [0.29, 0.717) is 12.0 Å². The number of carbonyl (C=O) groups excluding carboxylic acids is 1. The third-order valence-corrected chi connectivity index (χ3v) is 5.39. The average molecular weight is 368 g/mol. The van der Waals surface area contributed by atoms with Crippen LogP contribution < -0.4 is 0 Å². The lowest BCUT2D eigenvalue weighted by Gasteiger charge is -2.15. The zero-order valence-corrected chi connectivity index (χ0v) is 16.1. The maximum absolute atomic E-state index is 12.9. The highest BCUT2D eigenvalue weighted by atomic mass is 16.3. The van der Waals surface area contributed by atoms with Gasteiger partial charge in [-0.25, -0.2) is 0 Å². The van der Waals surface area contributed by atoms with Crippen LogP contribution in [0.4, 0.5) is 0 Å². The molecule has 0 atom stereocenters. The fourth-order valence-electron chi connectivity index (χ4n) is 3.94. The number of rotatable bonds is 6. The molecule has 0 saturated carbocycles. The van der Waals surface area contributed by atoms with Crippen molar-refractivity contribution in [1.29, 1.82) is 0 Å². The number of fused-ring (bicyclic) bond motifs is 2. The number of Topliss-reactive ketones (excluding diaryl/α,β-unsaturated/α-hetero) is 1. The molecule has 0 unspecified atom stereocenters. The van der Waals surface area contributed by atoms with Crippen molar-refractivity contribution in [3.05, 3.63) is 78.4 Å². The molecule has 0 fully saturated rings. The minimum atomic E-state index is 0.0122. The van der Waals surface area contributed by atoms with Gasteiger partial charge < -0.3 is 5.11 Å². The molecule has 0 bridgehead atoms. The van der Waals surface area contributed by atoms with E-state index >= 15 is 0 Å². The highest BCUT2D eigenvalue weighted by molar-refractivity contribution is 6.13. The molecule has 0 aromatic heterocycles. The molecule has 140 valence electrons. The Bertz CT molecular complexity index is 1150. The number of hydrogen-bond acceptors (Lipinski definition) is 2. The van der Waals surface area contributed by atoms with E-state index in [1.807, 2.05) is 54.6 Å². The van der Waals surface area contributed by atoms with E-state index in [1.165, 1.54) is 0 Å². The fraction of sp³-hybridized carbons (Fsp3) is 0.192. The molecule has 0 aliphatic carbocycles. The molecule has 0 spiro atoms. The van der Waals surface area contributed by atoms with Crippen LogP contribution in [0.5, 0.6) is 5.75 Å². The molecule has 4 aromatic carbocycles. The van der Waals surface area contributed by atoms with E-state index in [2.05, 4.69) is 25.1 Å². The van der Waals surface area contributed by atoms with Crippen LogP contribution in [0, 0.1) is 0 Å². The molecule has 4 aromatic rings. The summed E-state index contributed by atoms with van der Waals surface area (Å²) in [6.45, 7) is 2.12. The van der Waals surface area contributed by atoms with Crippen molar-refractivity contribution in [3.63, 3.8) is 0 Å². The van der Waals surface area contributed by atoms with Crippen molar-refractivity contribution in [3.8, 4) is 16.9 Å². The number of carbonyl (C=O) groups is 1. The van der Waals surface area contributed by atoms with Crippen LogP contribution in [-0.4, -0.2) is 10.9 Å². The highest BCUT2D eigenvalue weighted by Crippen LogP contribution is 2.42. The minimum Gasteiger partial charge on any atom is -0.507 e. The van der Waals surface area contributed by atoms with E-state index in [9.17, 15) is 9.90 Å². The maximum Gasteiger partial charge on any atom is 0.166 e. The summed E-state index contributed by atoms with van der Waals surface area (Å²) in [5.74, 6) is 0.106. The zero-order valence-electron chi connectivity index (χ0n) is 16.1. The van der Waals surface area contributed by atoms with E-state index in [1.54, 1.807) is 0 Å². The summed E-state index contributed by atoms with van der Waals surface area (Å²) in [5.41, 5.74) is 2.13. The number of hydrogen-bond donors (Lipinski definition) is 1. The van der Waals surface area contributed by atoms with Crippen LogP contribution in [0.1, 0.15) is 43.0 Å². The lowest BCUT2D eigenvalue weighted by Crippen LogP contribution is -2.01. The van der Waals surface area contributed by atoms with Gasteiger partial charge >= 0.3 is 0 Å². The van der Waals surface area contributed by atoms with Gasteiger partial charge in [0.1, 0.15) is 5.75 Å². The van der Waals surface area contributed by atoms with Gasteiger partial charge in [-0.15, -0.1) is 0 Å². The second-order valence-electron chi connectivity index (χ2n) is 7.28. The number of phenols is 1. The Morgan fingerprint density at radius 3 is 2.29 bits per heavy atom. The molecule has 0 amide bonds. The third-order valence-electron chi connectivity index (χ3n) is 5.39. The van der Waals surface area contributed by atoms with Crippen molar-refractivity contribution >= 4 is 27.3 Å². The van der Waals surface area contributed by atoms with Gasteiger partial charge in [-0.05, 0) is 39.6 Å². The molecule has 0 aliphatic heterocycles. The Labute approximate surface area is 165 Å². The van der Waals surface area contributed by atoms with Crippen LogP contribution >= 0.6 is 0 Å². The van der Waals surface area contributed by atoms with Gasteiger partial charge in [-0.3, -0.25) is 4.79 Å². The molecule has 28 heavy (non-hydrogen) atoms. The summed E-state index contributed by atoms with van der Waals surface area (Å²) in [4.78, 5) is 12.9. The van der Waals surface area contributed by atoms with E-state index in [0.717, 1.165) is 51.9 Å². The van der Waals surface area contributed by atoms with Gasteiger partial charge in [-0.1, -0.05) is 86.5 Å². The Hall–Kier alpha value is -3.13. The molecule has 0 radical (unpaired) electrons.